The van der Waals surface area contributed by atoms with Crippen molar-refractivity contribution < 1.29 is 9.59 Å². The molecule has 0 aromatic heterocycles. The molecule has 0 aliphatic carbocycles. The van der Waals surface area contributed by atoms with Gasteiger partial charge in [-0.05, 0) is 24.3 Å². The molecule has 82 valence electrons. The van der Waals surface area contributed by atoms with Crippen LogP contribution in [0, 0.1) is 5.92 Å². The predicted octanol–water partition coefficient (Wildman–Crippen LogP) is 3.08. The predicted molar refractivity (Wildman–Crippen MR) is 59.2 cm³/mol. The smallest absolute Gasteiger partial charge is 0.186 e. The standard InChI is InChI=1S/C12H18.CO2/c1-3-11(2)9-10-12-7-5-4-6-8-12;2-1-3/h4-8,11H,3,9-10H2,1-2H3;. The number of benzene rings is 1. The summed E-state index contributed by atoms with van der Waals surface area (Å²) < 4.78 is 0. The van der Waals surface area contributed by atoms with E-state index in [-0.39, 0.29) is 6.15 Å². The molecule has 0 aliphatic rings. The summed E-state index contributed by atoms with van der Waals surface area (Å²) in [7, 11) is 0. The van der Waals surface area contributed by atoms with Crippen molar-refractivity contribution in [1.82, 2.24) is 0 Å². The van der Waals surface area contributed by atoms with E-state index in [4.69, 9.17) is 9.59 Å². The Morgan fingerprint density at radius 3 is 2.20 bits per heavy atom. The molecule has 0 amide bonds. The molecule has 2 heteroatoms. The lowest BCUT2D eigenvalue weighted by Crippen LogP contribution is -1.94. The highest BCUT2D eigenvalue weighted by molar-refractivity contribution is 5.20. The Morgan fingerprint density at radius 2 is 1.73 bits per heavy atom. The Labute approximate surface area is 91.3 Å². The first-order valence-corrected chi connectivity index (χ1v) is 5.27. The summed E-state index contributed by atoms with van der Waals surface area (Å²) >= 11 is 0. The van der Waals surface area contributed by atoms with Crippen molar-refractivity contribution in [3.05, 3.63) is 35.9 Å². The molecule has 1 unspecified atom stereocenters. The molecule has 0 radical (unpaired) electrons. The zero-order valence-corrected chi connectivity index (χ0v) is 9.40. The van der Waals surface area contributed by atoms with Crippen molar-refractivity contribution in [2.75, 3.05) is 0 Å². The second kappa shape index (κ2) is 9.17. The minimum Gasteiger partial charge on any atom is -0.186 e. The van der Waals surface area contributed by atoms with E-state index in [0.717, 1.165) is 5.92 Å². The van der Waals surface area contributed by atoms with Crippen LogP contribution in [0.1, 0.15) is 32.3 Å². The van der Waals surface area contributed by atoms with E-state index in [9.17, 15) is 0 Å². The van der Waals surface area contributed by atoms with Crippen molar-refractivity contribution in [1.29, 1.82) is 0 Å². The van der Waals surface area contributed by atoms with E-state index >= 15 is 0 Å². The first-order chi connectivity index (χ1) is 7.24. The fraction of sp³-hybridized carbons (Fsp3) is 0.462. The average molecular weight is 206 g/mol. The quantitative estimate of drug-likeness (QED) is 0.758. The third-order valence-electron chi connectivity index (χ3n) is 2.47. The Morgan fingerprint density at radius 1 is 1.20 bits per heavy atom. The summed E-state index contributed by atoms with van der Waals surface area (Å²) in [6, 6.07) is 10.7. The van der Waals surface area contributed by atoms with Gasteiger partial charge in [-0.15, -0.1) is 0 Å². The average Bonchev–Trinajstić information content (AvgIpc) is 2.28. The van der Waals surface area contributed by atoms with Gasteiger partial charge in [0.1, 0.15) is 0 Å². The minimum absolute atomic E-state index is 0.250. The summed E-state index contributed by atoms with van der Waals surface area (Å²) in [4.78, 5) is 16.2. The lowest BCUT2D eigenvalue weighted by atomic mass is 9.99. The van der Waals surface area contributed by atoms with Crippen LogP contribution < -0.4 is 0 Å². The van der Waals surface area contributed by atoms with Crippen molar-refractivity contribution in [2.24, 2.45) is 5.92 Å². The monoisotopic (exact) mass is 206 g/mol. The fourth-order valence-electron chi connectivity index (χ4n) is 1.26. The van der Waals surface area contributed by atoms with Crippen LogP contribution in [0.3, 0.4) is 0 Å². The van der Waals surface area contributed by atoms with Gasteiger partial charge in [-0.25, -0.2) is 0 Å². The lowest BCUT2D eigenvalue weighted by molar-refractivity contribution is -0.191. The fourth-order valence-corrected chi connectivity index (χ4v) is 1.26. The maximum Gasteiger partial charge on any atom is 0.373 e. The summed E-state index contributed by atoms with van der Waals surface area (Å²) in [5, 5.41) is 0. The van der Waals surface area contributed by atoms with Crippen molar-refractivity contribution >= 4 is 6.15 Å². The summed E-state index contributed by atoms with van der Waals surface area (Å²) in [6.07, 6.45) is 4.10. The molecule has 1 atom stereocenters. The number of rotatable bonds is 4. The van der Waals surface area contributed by atoms with E-state index in [1.54, 1.807) is 0 Å². The van der Waals surface area contributed by atoms with Gasteiger partial charge < -0.3 is 0 Å². The van der Waals surface area contributed by atoms with Gasteiger partial charge in [0.15, 0.2) is 0 Å². The highest BCUT2D eigenvalue weighted by atomic mass is 16.2. The van der Waals surface area contributed by atoms with Gasteiger partial charge in [-0.2, -0.15) is 9.59 Å². The Hall–Kier alpha value is -1.40. The van der Waals surface area contributed by atoms with E-state index in [1.165, 1.54) is 24.8 Å². The van der Waals surface area contributed by atoms with Crippen molar-refractivity contribution in [3.8, 4) is 0 Å². The van der Waals surface area contributed by atoms with Crippen LogP contribution in [0.4, 0.5) is 0 Å². The Kier molecular flexibility index (Phi) is 8.31. The van der Waals surface area contributed by atoms with Gasteiger partial charge in [0.05, 0.1) is 0 Å². The molecular formula is C13H18O2. The Bertz CT molecular complexity index is 274. The SMILES string of the molecule is CCC(C)CCc1ccccc1.O=C=O. The van der Waals surface area contributed by atoms with Crippen LogP contribution in [0.2, 0.25) is 0 Å². The molecule has 0 bridgehead atoms. The number of aryl methyl sites for hydroxylation is 1. The van der Waals surface area contributed by atoms with Crippen LogP contribution >= 0.6 is 0 Å². The normalized spacial score (nSPS) is 10.8. The topological polar surface area (TPSA) is 34.1 Å². The second-order valence-corrected chi connectivity index (χ2v) is 3.62. The number of hydrogen-bond acceptors (Lipinski definition) is 2. The highest BCUT2D eigenvalue weighted by Gasteiger charge is 1.98. The first kappa shape index (κ1) is 13.6. The van der Waals surface area contributed by atoms with E-state index in [0.29, 0.717) is 0 Å². The molecular weight excluding hydrogens is 188 g/mol. The molecule has 0 spiro atoms. The molecule has 0 N–H and O–H groups in total. The van der Waals surface area contributed by atoms with Crippen molar-refractivity contribution in [3.63, 3.8) is 0 Å². The zero-order chi connectivity index (χ0) is 11.5. The molecule has 0 saturated heterocycles. The summed E-state index contributed by atoms with van der Waals surface area (Å²) in [5.74, 6) is 0.866. The van der Waals surface area contributed by atoms with Gasteiger partial charge in [-0.3, -0.25) is 0 Å². The molecule has 0 heterocycles. The maximum atomic E-state index is 8.12. The lowest BCUT2D eigenvalue weighted by Gasteiger charge is -2.07. The summed E-state index contributed by atoms with van der Waals surface area (Å²) in [6.45, 7) is 4.58. The van der Waals surface area contributed by atoms with Gasteiger partial charge in [0.2, 0.25) is 0 Å². The van der Waals surface area contributed by atoms with E-state index < -0.39 is 0 Å². The molecule has 1 aromatic rings. The van der Waals surface area contributed by atoms with Crippen LogP contribution in [0.15, 0.2) is 30.3 Å². The van der Waals surface area contributed by atoms with Gasteiger partial charge in [0.25, 0.3) is 0 Å². The van der Waals surface area contributed by atoms with Crippen molar-refractivity contribution in [2.45, 2.75) is 33.1 Å². The van der Waals surface area contributed by atoms with Gasteiger partial charge in [-0.1, -0.05) is 50.6 Å². The third-order valence-corrected chi connectivity index (χ3v) is 2.47. The minimum atomic E-state index is 0.250. The number of hydrogen-bond donors (Lipinski definition) is 0. The van der Waals surface area contributed by atoms with Gasteiger partial charge >= 0.3 is 6.15 Å². The second-order valence-electron chi connectivity index (χ2n) is 3.62. The molecule has 15 heavy (non-hydrogen) atoms. The van der Waals surface area contributed by atoms with Gasteiger partial charge in [0, 0.05) is 0 Å². The van der Waals surface area contributed by atoms with E-state index in [2.05, 4.69) is 44.2 Å². The van der Waals surface area contributed by atoms with Crippen LogP contribution in [0.5, 0.6) is 0 Å². The zero-order valence-electron chi connectivity index (χ0n) is 9.40. The molecule has 0 saturated carbocycles. The molecule has 0 aliphatic heterocycles. The summed E-state index contributed by atoms with van der Waals surface area (Å²) in [5.41, 5.74) is 1.47. The molecule has 0 fully saturated rings. The number of carbonyl (C=O) groups excluding carboxylic acids is 2. The maximum absolute atomic E-state index is 8.12. The molecule has 1 aromatic carbocycles. The van der Waals surface area contributed by atoms with Crippen LogP contribution in [0.25, 0.3) is 0 Å². The Balaban J connectivity index is 0.000000583. The van der Waals surface area contributed by atoms with E-state index in [1.807, 2.05) is 0 Å². The highest BCUT2D eigenvalue weighted by Crippen LogP contribution is 2.11. The largest absolute Gasteiger partial charge is 0.373 e. The molecule has 1 rings (SSSR count). The molecule has 2 nitrogen and oxygen atoms in total. The first-order valence-electron chi connectivity index (χ1n) is 5.27. The third kappa shape index (κ3) is 7.65. The van der Waals surface area contributed by atoms with Crippen LogP contribution in [-0.2, 0) is 16.0 Å². The van der Waals surface area contributed by atoms with Crippen LogP contribution in [-0.4, -0.2) is 6.15 Å².